The van der Waals surface area contributed by atoms with Gasteiger partial charge in [-0.05, 0) is 64.5 Å². The van der Waals surface area contributed by atoms with Gasteiger partial charge in [-0.3, -0.25) is 9.59 Å². The minimum atomic E-state index is -1.23. The second-order valence-electron chi connectivity index (χ2n) is 10.1. The molecule has 0 unspecified atom stereocenters. The van der Waals surface area contributed by atoms with E-state index < -0.39 is 23.9 Å². The average molecular weight is 645 g/mol. The normalized spacial score (nSPS) is 10.9. The molecular formula is C32H54K2O8. The molecule has 0 amide bonds. The topological polar surface area (TPSA) is 133 Å². The minimum Gasteiger partial charge on any atom is -0.550 e. The third-order valence-electron chi connectivity index (χ3n) is 6.10. The Morgan fingerprint density at radius 3 is 1.07 bits per heavy atom. The van der Waals surface area contributed by atoms with Gasteiger partial charge in [0.05, 0.1) is 12.8 Å². The van der Waals surface area contributed by atoms with Crippen LogP contribution in [0.5, 0.6) is 0 Å². The van der Waals surface area contributed by atoms with E-state index in [9.17, 15) is 29.4 Å². The summed E-state index contributed by atoms with van der Waals surface area (Å²) in [6.45, 7) is 7.86. The van der Waals surface area contributed by atoms with Gasteiger partial charge in [0.25, 0.3) is 0 Å². The first-order chi connectivity index (χ1) is 19.1. The van der Waals surface area contributed by atoms with E-state index in [1.54, 1.807) is 13.8 Å². The Kier molecular flexibility index (Phi) is 44.6. The number of carboxylic acid groups (broad SMARTS) is 2. The smallest absolute Gasteiger partial charge is 0.550 e. The summed E-state index contributed by atoms with van der Waals surface area (Å²) >= 11 is 0. The van der Waals surface area contributed by atoms with Crippen LogP contribution in [0.3, 0.4) is 0 Å². The van der Waals surface area contributed by atoms with Crippen molar-refractivity contribution in [3.63, 3.8) is 0 Å². The molecule has 0 rings (SSSR count). The molecule has 0 aliphatic carbocycles. The van der Waals surface area contributed by atoms with Crippen molar-refractivity contribution in [3.05, 3.63) is 23.7 Å². The molecule has 0 saturated carbocycles. The van der Waals surface area contributed by atoms with Crippen molar-refractivity contribution in [2.45, 2.75) is 156 Å². The molecule has 0 saturated heterocycles. The van der Waals surface area contributed by atoms with Gasteiger partial charge in [-0.25, -0.2) is 0 Å². The number of hydrogen-bond donors (Lipinski definition) is 0. The van der Waals surface area contributed by atoms with Gasteiger partial charge in [0.1, 0.15) is 11.5 Å². The Balaban J connectivity index is -0.000000328. The van der Waals surface area contributed by atoms with Gasteiger partial charge >= 0.3 is 115 Å². The molecule has 0 aliphatic rings. The van der Waals surface area contributed by atoms with Crippen LogP contribution in [0.4, 0.5) is 0 Å². The first kappa shape index (κ1) is 49.5. The van der Waals surface area contributed by atoms with Crippen molar-refractivity contribution in [1.82, 2.24) is 0 Å². The Morgan fingerprint density at radius 2 is 0.786 bits per heavy atom. The molecule has 10 heteroatoms. The summed E-state index contributed by atoms with van der Waals surface area (Å²) in [6, 6.07) is 0. The molecule has 0 spiro atoms. The van der Waals surface area contributed by atoms with Crippen LogP contribution < -0.4 is 113 Å². The van der Waals surface area contributed by atoms with Crippen molar-refractivity contribution < 1.29 is 142 Å². The zero-order valence-electron chi connectivity index (χ0n) is 27.6. The third-order valence-corrected chi connectivity index (χ3v) is 6.10. The maximum atomic E-state index is 11.2. The Morgan fingerprint density at radius 1 is 0.500 bits per heavy atom. The third kappa shape index (κ3) is 42.8. The Bertz CT molecular complexity index is 689. The van der Waals surface area contributed by atoms with Crippen LogP contribution in [0.25, 0.3) is 0 Å². The zero-order chi connectivity index (χ0) is 30.4. The molecule has 0 bridgehead atoms. The van der Waals surface area contributed by atoms with Gasteiger partial charge < -0.3 is 29.3 Å². The largest absolute Gasteiger partial charge is 1.00 e. The van der Waals surface area contributed by atoms with Crippen molar-refractivity contribution in [2.24, 2.45) is 0 Å². The van der Waals surface area contributed by atoms with Crippen LogP contribution in [0.1, 0.15) is 156 Å². The summed E-state index contributed by atoms with van der Waals surface area (Å²) < 4.78 is 9.98. The zero-order valence-corrected chi connectivity index (χ0v) is 33.8. The molecule has 0 radical (unpaired) electrons. The second kappa shape index (κ2) is 37.8. The summed E-state index contributed by atoms with van der Waals surface area (Å²) in [4.78, 5) is 42.9. The van der Waals surface area contributed by atoms with Gasteiger partial charge in [0, 0.05) is 11.9 Å². The number of hydrogen-bond acceptors (Lipinski definition) is 8. The SMILES string of the molecule is CCCCCCCCCC=C(C)OC(=O)CCC(=O)[O-].CCCCCCCCCC=C(C)OC(=O)CCC(=O)[O-].[K+].[K+]. The Hall–Kier alpha value is 0.633. The van der Waals surface area contributed by atoms with E-state index in [-0.39, 0.29) is 128 Å². The summed E-state index contributed by atoms with van der Waals surface area (Å²) in [5.74, 6) is -2.37. The fraction of sp³-hybridized carbons (Fsp3) is 0.750. The minimum absolute atomic E-state index is 0. The summed E-state index contributed by atoms with van der Waals surface area (Å²) in [6.07, 6.45) is 22.3. The number of aliphatic carboxylic acids is 2. The van der Waals surface area contributed by atoms with Crippen molar-refractivity contribution in [3.8, 4) is 0 Å². The molecule has 0 fully saturated rings. The molecule has 8 nitrogen and oxygen atoms in total. The first-order valence-corrected chi connectivity index (χ1v) is 15.3. The van der Waals surface area contributed by atoms with Crippen LogP contribution in [0.2, 0.25) is 0 Å². The summed E-state index contributed by atoms with van der Waals surface area (Å²) in [7, 11) is 0. The van der Waals surface area contributed by atoms with E-state index in [0.29, 0.717) is 11.5 Å². The standard InChI is InChI=1S/2C16H28O4.2K/c2*1-3-4-5-6-7-8-9-10-11-14(2)20-16(19)13-12-15(17)18;;/h2*11H,3-10,12-13H2,1-2H3,(H,17,18);;/q;;2*+1/p-2. The molecule has 42 heavy (non-hydrogen) atoms. The molecular weight excluding hydrogens is 591 g/mol. The van der Waals surface area contributed by atoms with E-state index in [0.717, 1.165) is 25.7 Å². The van der Waals surface area contributed by atoms with Crippen LogP contribution >= 0.6 is 0 Å². The van der Waals surface area contributed by atoms with Crippen LogP contribution in [-0.4, -0.2) is 23.9 Å². The molecule has 0 aromatic rings. The van der Waals surface area contributed by atoms with Gasteiger partial charge in [0.2, 0.25) is 0 Å². The number of carboxylic acids is 2. The van der Waals surface area contributed by atoms with E-state index in [1.807, 2.05) is 12.2 Å². The number of ether oxygens (including phenoxy) is 2. The predicted octanol–water partition coefficient (Wildman–Crippen LogP) is 0.216. The monoisotopic (exact) mass is 644 g/mol. The molecule has 0 N–H and O–H groups in total. The van der Waals surface area contributed by atoms with Crippen molar-refractivity contribution in [2.75, 3.05) is 0 Å². The molecule has 0 aliphatic heterocycles. The fourth-order valence-electron chi connectivity index (χ4n) is 3.77. The molecule has 232 valence electrons. The number of esters is 2. The summed E-state index contributed by atoms with van der Waals surface area (Å²) in [5.41, 5.74) is 0. The number of allylic oxidation sites excluding steroid dienone is 4. The average Bonchev–Trinajstić information content (AvgIpc) is 2.89. The van der Waals surface area contributed by atoms with Gasteiger partial charge in [-0.15, -0.1) is 0 Å². The maximum absolute atomic E-state index is 11.2. The molecule has 0 atom stereocenters. The van der Waals surface area contributed by atoms with E-state index >= 15 is 0 Å². The number of rotatable bonds is 24. The van der Waals surface area contributed by atoms with E-state index in [2.05, 4.69) is 13.8 Å². The molecule has 0 aromatic carbocycles. The molecule has 0 aromatic heterocycles. The number of carbonyl (C=O) groups excluding carboxylic acids is 4. The Labute approximate surface area is 340 Å². The molecule has 0 heterocycles. The van der Waals surface area contributed by atoms with E-state index in [4.69, 9.17) is 9.47 Å². The van der Waals surface area contributed by atoms with Crippen LogP contribution in [0.15, 0.2) is 23.7 Å². The second-order valence-corrected chi connectivity index (χ2v) is 10.1. The number of carbonyl (C=O) groups is 4. The quantitative estimate of drug-likeness (QED) is 0.0631. The predicted molar refractivity (Wildman–Crippen MR) is 153 cm³/mol. The fourth-order valence-corrected chi connectivity index (χ4v) is 3.77. The van der Waals surface area contributed by atoms with Crippen LogP contribution in [0, 0.1) is 0 Å². The number of unbranched alkanes of at least 4 members (excludes halogenated alkanes) is 14. The van der Waals surface area contributed by atoms with Gasteiger partial charge in [0.15, 0.2) is 0 Å². The summed E-state index contributed by atoms with van der Waals surface area (Å²) in [5, 5.41) is 20.4. The van der Waals surface area contributed by atoms with Gasteiger partial charge in [-0.1, -0.05) is 90.9 Å². The maximum Gasteiger partial charge on any atom is 1.00 e. The van der Waals surface area contributed by atoms with Gasteiger partial charge in [-0.2, -0.15) is 0 Å². The van der Waals surface area contributed by atoms with Crippen molar-refractivity contribution >= 4 is 23.9 Å². The van der Waals surface area contributed by atoms with Crippen molar-refractivity contribution in [1.29, 1.82) is 0 Å². The first-order valence-electron chi connectivity index (χ1n) is 15.3. The van der Waals surface area contributed by atoms with E-state index in [1.165, 1.54) is 77.0 Å². The van der Waals surface area contributed by atoms with Crippen LogP contribution in [-0.2, 0) is 28.7 Å².